The zero-order chi connectivity index (χ0) is 42.5. The second-order valence-corrected chi connectivity index (χ2v) is 17.8. The number of ether oxygens (including phenoxy) is 7. The highest BCUT2D eigenvalue weighted by Crippen LogP contribution is 2.41. The first-order chi connectivity index (χ1) is 25.9. The van der Waals surface area contributed by atoms with Crippen LogP contribution in [0.1, 0.15) is 115 Å². The zero-order valence-electron chi connectivity index (χ0n) is 36.2. The minimum atomic E-state index is -1.77. The van der Waals surface area contributed by atoms with Crippen LogP contribution >= 0.6 is 0 Å². The van der Waals surface area contributed by atoms with Gasteiger partial charge in [-0.05, 0) is 98.7 Å². The molecule has 0 radical (unpaired) electrons. The number of aliphatic hydroxyl groups is 3. The van der Waals surface area contributed by atoms with Gasteiger partial charge in [0.25, 0.3) is 0 Å². The zero-order valence-corrected chi connectivity index (χ0v) is 36.2. The molecule has 324 valence electrons. The van der Waals surface area contributed by atoms with Crippen molar-refractivity contribution in [1.29, 1.82) is 0 Å². The molecule has 56 heavy (non-hydrogen) atoms. The fraction of sp³-hybridized carbons (Fsp3) is 0.950. The summed E-state index contributed by atoms with van der Waals surface area (Å²) in [5.41, 5.74) is 4.98. The molecule has 0 aromatic carbocycles. The highest BCUT2D eigenvalue weighted by atomic mass is 16.7. The quantitative estimate of drug-likeness (QED) is 0.123. The van der Waals surface area contributed by atoms with Crippen molar-refractivity contribution in [3.8, 4) is 0 Å². The SMILES string of the molecule is CC[C@H]1OC(=O)[C@H](C)[C@@H](O[C@H]2C[C@@](C)(OC)C(N=[N+]=[N-])[C@H](C)O2)[C@H](C)[C@@H](O[C@@H]2O[C@H](C)C[C@H](N(C)C)[C@H]2OC(C)=O)[C@](C)(O)C[C@@H](C)CC[C@H](C)[C@@H](O)[C@]1(C)O. The molecule has 0 aromatic rings. The van der Waals surface area contributed by atoms with Crippen molar-refractivity contribution >= 4 is 11.9 Å². The topological polar surface area (TPSA) is 211 Å². The Morgan fingerprint density at radius 2 is 1.66 bits per heavy atom. The van der Waals surface area contributed by atoms with E-state index in [0.717, 1.165) is 0 Å². The maximum absolute atomic E-state index is 14.3. The lowest BCUT2D eigenvalue weighted by molar-refractivity contribution is -0.312. The van der Waals surface area contributed by atoms with Gasteiger partial charge < -0.3 is 53.4 Å². The number of esters is 2. The third kappa shape index (κ3) is 11.3. The molecule has 3 N–H and O–H groups in total. The molecule has 0 spiro atoms. The molecule has 18 atom stereocenters. The Hall–Kier alpha value is -2.11. The van der Waals surface area contributed by atoms with E-state index in [0.29, 0.717) is 19.3 Å². The minimum Gasteiger partial charge on any atom is -0.459 e. The van der Waals surface area contributed by atoms with Gasteiger partial charge in [0.05, 0.1) is 59.7 Å². The van der Waals surface area contributed by atoms with Gasteiger partial charge in [0, 0.05) is 31.3 Å². The average Bonchev–Trinajstić information content (AvgIpc) is 3.11. The van der Waals surface area contributed by atoms with Gasteiger partial charge in [-0.15, -0.1) is 0 Å². The first-order valence-electron chi connectivity index (χ1n) is 20.3. The Morgan fingerprint density at radius 3 is 2.21 bits per heavy atom. The summed E-state index contributed by atoms with van der Waals surface area (Å²) >= 11 is 0. The molecule has 0 saturated carbocycles. The largest absolute Gasteiger partial charge is 0.459 e. The van der Waals surface area contributed by atoms with Gasteiger partial charge in [-0.2, -0.15) is 0 Å². The Morgan fingerprint density at radius 1 is 1.02 bits per heavy atom. The molecule has 0 aliphatic carbocycles. The maximum atomic E-state index is 14.3. The smallest absolute Gasteiger partial charge is 0.311 e. The summed E-state index contributed by atoms with van der Waals surface area (Å²) < 4.78 is 44.2. The van der Waals surface area contributed by atoms with Gasteiger partial charge in [-0.3, -0.25) is 9.59 Å². The van der Waals surface area contributed by atoms with Crippen molar-refractivity contribution in [1.82, 2.24) is 4.90 Å². The van der Waals surface area contributed by atoms with Crippen molar-refractivity contribution in [3.63, 3.8) is 0 Å². The van der Waals surface area contributed by atoms with Gasteiger partial charge in [0.1, 0.15) is 11.7 Å². The van der Waals surface area contributed by atoms with Crippen molar-refractivity contribution in [2.24, 2.45) is 28.8 Å². The molecule has 3 aliphatic rings. The third-order valence-electron chi connectivity index (χ3n) is 12.6. The van der Waals surface area contributed by atoms with Crippen LogP contribution in [0, 0.1) is 23.7 Å². The Kier molecular flexibility index (Phi) is 17.0. The summed E-state index contributed by atoms with van der Waals surface area (Å²) in [6, 6.07) is -0.951. The number of methoxy groups -OCH3 is 1. The van der Waals surface area contributed by atoms with Crippen LogP contribution in [0.25, 0.3) is 10.4 Å². The highest BCUT2D eigenvalue weighted by molar-refractivity contribution is 5.73. The van der Waals surface area contributed by atoms with Gasteiger partial charge in [-0.25, -0.2) is 0 Å². The number of rotatable bonds is 9. The maximum Gasteiger partial charge on any atom is 0.311 e. The summed E-state index contributed by atoms with van der Waals surface area (Å²) in [5, 5.41) is 39.7. The molecule has 0 aromatic heterocycles. The molecular formula is C40H72N4O12. The van der Waals surface area contributed by atoms with Gasteiger partial charge >= 0.3 is 11.9 Å². The van der Waals surface area contributed by atoms with Crippen molar-refractivity contribution in [3.05, 3.63) is 10.4 Å². The standard InChI is InChI=1S/C40H72N4O12/c1-15-29-40(11,49)34(46)22(3)17-16-21(2)19-38(9,48)35(56-37-32(53-27(8)45)28(44(12)13)18-23(4)51-37)24(5)31(25(6)36(47)54-29)55-30-20-39(10,50-14)33(42-43-41)26(7)52-30/h21-26,28-35,37,46,48-49H,15-20H2,1-14H3/t21-,22-,23+,24-,25+,26-,28-,29+,30-,31-,32+,33?,34+,35+,37-,38+,39+,40+/m0/s1. The van der Waals surface area contributed by atoms with Crippen LogP contribution in [-0.4, -0.2) is 138 Å². The molecule has 16 nitrogen and oxygen atoms in total. The summed E-state index contributed by atoms with van der Waals surface area (Å²) in [5.74, 6) is -3.49. The summed E-state index contributed by atoms with van der Waals surface area (Å²) in [6.07, 6.45) is -5.97. The van der Waals surface area contributed by atoms with E-state index in [4.69, 9.17) is 33.2 Å². The number of nitrogens with zero attached hydrogens (tertiary/aromatic N) is 4. The van der Waals surface area contributed by atoms with Crippen molar-refractivity contribution in [2.75, 3.05) is 21.2 Å². The number of carbonyl (C=O) groups excluding carboxylic acids is 2. The number of carbonyl (C=O) groups is 2. The van der Waals surface area contributed by atoms with E-state index in [1.165, 1.54) is 21.0 Å². The molecule has 1 unspecified atom stereocenters. The Bertz CT molecular complexity index is 1350. The van der Waals surface area contributed by atoms with Crippen LogP contribution < -0.4 is 0 Å². The normalized spacial score (nSPS) is 46.2. The van der Waals surface area contributed by atoms with Crippen LogP contribution in [-0.2, 0) is 42.7 Å². The van der Waals surface area contributed by atoms with E-state index in [1.807, 2.05) is 46.7 Å². The summed E-state index contributed by atoms with van der Waals surface area (Å²) in [7, 11) is 5.30. The van der Waals surface area contributed by atoms with Gasteiger partial charge in [-0.1, -0.05) is 39.2 Å². The van der Waals surface area contributed by atoms with E-state index in [2.05, 4.69) is 10.0 Å². The number of aliphatic hydroxyl groups excluding tert-OH is 1. The van der Waals surface area contributed by atoms with Crippen LogP contribution in [0.5, 0.6) is 0 Å². The van der Waals surface area contributed by atoms with Gasteiger partial charge in [0.2, 0.25) is 0 Å². The van der Waals surface area contributed by atoms with E-state index in [9.17, 15) is 30.4 Å². The van der Waals surface area contributed by atoms with Crippen LogP contribution in [0.3, 0.4) is 0 Å². The van der Waals surface area contributed by atoms with E-state index < -0.39 is 95.8 Å². The molecular weight excluding hydrogens is 728 g/mol. The average molecular weight is 801 g/mol. The minimum absolute atomic E-state index is 0.0859. The molecule has 3 fully saturated rings. The lowest BCUT2D eigenvalue weighted by atomic mass is 9.76. The predicted octanol–water partition coefficient (Wildman–Crippen LogP) is 4.89. The summed E-state index contributed by atoms with van der Waals surface area (Å²) in [4.78, 5) is 31.8. The molecule has 0 amide bonds. The van der Waals surface area contributed by atoms with E-state index in [1.54, 1.807) is 34.6 Å². The second-order valence-electron chi connectivity index (χ2n) is 17.8. The summed E-state index contributed by atoms with van der Waals surface area (Å²) in [6.45, 7) is 19.0. The lowest BCUT2D eigenvalue weighted by Gasteiger charge is -2.49. The first kappa shape index (κ1) is 48.3. The third-order valence-corrected chi connectivity index (χ3v) is 12.6. The predicted molar refractivity (Wildman–Crippen MR) is 207 cm³/mol. The molecule has 3 aliphatic heterocycles. The number of azide groups is 1. The van der Waals surface area contributed by atoms with Crippen LogP contribution in [0.2, 0.25) is 0 Å². The van der Waals surface area contributed by atoms with Crippen LogP contribution in [0.15, 0.2) is 5.11 Å². The first-order valence-corrected chi connectivity index (χ1v) is 20.3. The molecule has 16 heteroatoms. The van der Waals surface area contributed by atoms with E-state index in [-0.39, 0.29) is 43.2 Å². The lowest BCUT2D eigenvalue weighted by Crippen LogP contribution is -2.61. The number of cyclic esters (lactones) is 1. The van der Waals surface area contributed by atoms with Gasteiger partial charge in [0.15, 0.2) is 18.7 Å². The number of hydrogen-bond acceptors (Lipinski definition) is 14. The van der Waals surface area contributed by atoms with Crippen LogP contribution in [0.4, 0.5) is 0 Å². The fourth-order valence-corrected chi connectivity index (χ4v) is 9.24. The Balaban J connectivity index is 2.22. The van der Waals surface area contributed by atoms with E-state index >= 15 is 0 Å². The molecule has 3 rings (SSSR count). The second kappa shape index (κ2) is 19.8. The fourth-order valence-electron chi connectivity index (χ4n) is 9.24. The molecule has 0 bridgehead atoms. The highest BCUT2D eigenvalue weighted by Gasteiger charge is 2.53. The molecule has 3 heterocycles. The number of hydrogen-bond donors (Lipinski definition) is 3. The number of likely N-dealkylation sites (N-methyl/N-ethyl adjacent to an activating group) is 1. The van der Waals surface area contributed by atoms with Crippen molar-refractivity contribution in [2.45, 2.75) is 199 Å². The molecule has 3 saturated heterocycles. The van der Waals surface area contributed by atoms with Crippen molar-refractivity contribution < 1.29 is 58.1 Å². The monoisotopic (exact) mass is 801 g/mol. The Labute approximate surface area is 333 Å².